The first-order valence-electron chi connectivity index (χ1n) is 10.3. The maximum absolute atomic E-state index is 13.3. The number of aromatic nitrogens is 4. The molecule has 2 aromatic carbocycles. The molecule has 0 aliphatic heterocycles. The lowest BCUT2D eigenvalue weighted by atomic mass is 10.2. The van der Waals surface area contributed by atoms with E-state index >= 15 is 0 Å². The van der Waals surface area contributed by atoms with Gasteiger partial charge in [0.25, 0.3) is 11.2 Å². The van der Waals surface area contributed by atoms with Crippen molar-refractivity contribution in [1.82, 2.24) is 18.7 Å². The molecule has 0 bridgehead atoms. The van der Waals surface area contributed by atoms with Gasteiger partial charge in [0.1, 0.15) is 6.54 Å². The Hall–Kier alpha value is -4.25. The first-order chi connectivity index (χ1) is 16.3. The highest BCUT2D eigenvalue weighted by Crippen LogP contribution is 2.26. The number of fused-ring (bicyclic) bond motifs is 1. The Kier molecular flexibility index (Phi) is 6.28. The number of carbonyl (C=O) groups excluding carboxylic acids is 1. The summed E-state index contributed by atoms with van der Waals surface area (Å²) in [4.78, 5) is 53.9. The predicted octanol–water partition coefficient (Wildman–Crippen LogP) is 2.63. The van der Waals surface area contributed by atoms with E-state index in [4.69, 9.17) is 11.6 Å². The number of nitrogens with zero attached hydrogens (tertiary/aromatic N) is 5. The fraction of sp³-hybridized carbons (Fsp3) is 0.182. The number of hydrogen-bond acceptors (Lipinski definition) is 6. The van der Waals surface area contributed by atoms with Crippen molar-refractivity contribution in [3.8, 4) is 0 Å². The lowest BCUT2D eigenvalue weighted by molar-refractivity contribution is -0.384. The van der Waals surface area contributed by atoms with Crippen molar-refractivity contribution in [3.05, 3.63) is 96.4 Å². The van der Waals surface area contributed by atoms with Crippen LogP contribution in [0.2, 0.25) is 5.02 Å². The molecule has 0 saturated heterocycles. The van der Waals surface area contributed by atoms with Crippen LogP contribution in [0.15, 0.2) is 64.4 Å². The Morgan fingerprint density at radius 2 is 1.88 bits per heavy atom. The topological polar surface area (TPSA) is 134 Å². The van der Waals surface area contributed by atoms with Crippen LogP contribution in [-0.4, -0.2) is 29.5 Å². The van der Waals surface area contributed by atoms with Gasteiger partial charge in [0.15, 0.2) is 11.2 Å². The van der Waals surface area contributed by atoms with Crippen molar-refractivity contribution < 1.29 is 9.72 Å². The monoisotopic (exact) mass is 482 g/mol. The van der Waals surface area contributed by atoms with Gasteiger partial charge in [-0.25, -0.2) is 14.3 Å². The highest BCUT2D eigenvalue weighted by molar-refractivity contribution is 6.33. The fourth-order valence-electron chi connectivity index (χ4n) is 3.58. The van der Waals surface area contributed by atoms with Crippen LogP contribution in [0.4, 0.5) is 11.4 Å². The quantitative estimate of drug-likeness (QED) is 0.318. The Labute approximate surface area is 197 Å². The first-order valence-corrected chi connectivity index (χ1v) is 10.6. The molecule has 0 saturated carbocycles. The van der Waals surface area contributed by atoms with Gasteiger partial charge in [-0.05, 0) is 18.6 Å². The van der Waals surface area contributed by atoms with Crippen LogP contribution >= 0.6 is 11.6 Å². The van der Waals surface area contributed by atoms with Gasteiger partial charge in [-0.3, -0.25) is 24.3 Å². The Bertz CT molecular complexity index is 1520. The summed E-state index contributed by atoms with van der Waals surface area (Å²) in [7, 11) is 0. The molecule has 1 amide bonds. The molecule has 0 spiro atoms. The van der Waals surface area contributed by atoms with E-state index in [-0.39, 0.29) is 34.1 Å². The molecule has 0 aliphatic rings. The van der Waals surface area contributed by atoms with Crippen molar-refractivity contribution in [2.75, 3.05) is 5.32 Å². The summed E-state index contributed by atoms with van der Waals surface area (Å²) in [5.41, 5.74) is -0.409. The summed E-state index contributed by atoms with van der Waals surface area (Å²) in [6, 6.07) is 12.8. The summed E-state index contributed by atoms with van der Waals surface area (Å²) < 4.78 is 3.76. The number of halogens is 1. The first kappa shape index (κ1) is 22.9. The van der Waals surface area contributed by atoms with Gasteiger partial charge in [0.05, 0.1) is 28.5 Å². The minimum atomic E-state index is -0.741. The van der Waals surface area contributed by atoms with Gasteiger partial charge < -0.3 is 9.88 Å². The maximum Gasteiger partial charge on any atom is 0.333 e. The van der Waals surface area contributed by atoms with Gasteiger partial charge in [0.2, 0.25) is 5.91 Å². The van der Waals surface area contributed by atoms with Crippen LogP contribution in [0.1, 0.15) is 12.5 Å². The second-order valence-corrected chi connectivity index (χ2v) is 7.83. The molecule has 2 aromatic heterocycles. The van der Waals surface area contributed by atoms with E-state index in [2.05, 4.69) is 10.3 Å². The molecule has 4 aromatic rings. The number of hydrogen-bond donors (Lipinski definition) is 1. The van der Waals surface area contributed by atoms with Crippen LogP contribution in [0.3, 0.4) is 0 Å². The van der Waals surface area contributed by atoms with Crippen LogP contribution < -0.4 is 16.6 Å². The second-order valence-electron chi connectivity index (χ2n) is 7.42. The number of aryl methyl sites for hydroxylation is 1. The molecule has 0 radical (unpaired) electrons. The van der Waals surface area contributed by atoms with E-state index in [1.54, 1.807) is 4.57 Å². The van der Waals surface area contributed by atoms with Crippen molar-refractivity contribution >= 4 is 40.0 Å². The summed E-state index contributed by atoms with van der Waals surface area (Å²) in [6.45, 7) is 1.80. The lowest BCUT2D eigenvalue weighted by Gasteiger charge is -2.13. The molecule has 174 valence electrons. The van der Waals surface area contributed by atoms with Crippen LogP contribution in [0.25, 0.3) is 11.2 Å². The third kappa shape index (κ3) is 4.33. The van der Waals surface area contributed by atoms with Crippen molar-refractivity contribution in [2.45, 2.75) is 26.6 Å². The number of nitro benzene ring substituents is 1. The largest absolute Gasteiger partial charge is 0.333 e. The van der Waals surface area contributed by atoms with Gasteiger partial charge >= 0.3 is 5.69 Å². The van der Waals surface area contributed by atoms with Crippen molar-refractivity contribution in [1.29, 1.82) is 0 Å². The standard InChI is InChI=1S/C22H19ClN6O5/c1-2-26-13-24-20-19(26)21(31)28(22(32)27(20)11-14-6-4-3-5-7-14)12-18(30)25-17-10-15(29(33)34)8-9-16(17)23/h3-10,13H,2,11-12H2,1H3,(H,25,30). The van der Waals surface area contributed by atoms with E-state index in [9.17, 15) is 24.5 Å². The van der Waals surface area contributed by atoms with Gasteiger partial charge in [0, 0.05) is 18.7 Å². The summed E-state index contributed by atoms with van der Waals surface area (Å²) >= 11 is 6.05. The van der Waals surface area contributed by atoms with E-state index in [1.165, 1.54) is 23.0 Å². The highest BCUT2D eigenvalue weighted by atomic mass is 35.5. The molecule has 2 heterocycles. The number of anilines is 1. The SMILES string of the molecule is CCn1cnc2c1c(=O)n(CC(=O)Nc1cc([N+](=O)[O-])ccc1Cl)c(=O)n2Cc1ccccc1. The molecule has 0 fully saturated rings. The van der Waals surface area contributed by atoms with Gasteiger partial charge in [-0.1, -0.05) is 41.9 Å². The number of rotatable bonds is 7. The summed E-state index contributed by atoms with van der Waals surface area (Å²) in [6.07, 6.45) is 1.47. The number of benzene rings is 2. The molecule has 1 N–H and O–H groups in total. The number of amides is 1. The fourth-order valence-corrected chi connectivity index (χ4v) is 3.75. The number of non-ortho nitro benzene ring substituents is 1. The van der Waals surface area contributed by atoms with E-state index in [1.807, 2.05) is 37.3 Å². The molecule has 4 rings (SSSR count). The molecule has 0 atom stereocenters. The van der Waals surface area contributed by atoms with Gasteiger partial charge in [-0.15, -0.1) is 0 Å². The molecule has 34 heavy (non-hydrogen) atoms. The van der Waals surface area contributed by atoms with Crippen LogP contribution in [0, 0.1) is 10.1 Å². The third-order valence-corrected chi connectivity index (χ3v) is 5.57. The average Bonchev–Trinajstić information content (AvgIpc) is 3.25. The normalized spacial score (nSPS) is 11.0. The van der Waals surface area contributed by atoms with E-state index in [0.29, 0.717) is 6.54 Å². The third-order valence-electron chi connectivity index (χ3n) is 5.24. The molecule has 12 heteroatoms. The zero-order chi connectivity index (χ0) is 24.4. The minimum Gasteiger partial charge on any atom is -0.325 e. The van der Waals surface area contributed by atoms with E-state index < -0.39 is 28.6 Å². The smallest absolute Gasteiger partial charge is 0.325 e. The minimum absolute atomic E-state index is 0.00166. The molecule has 0 aliphatic carbocycles. The van der Waals surface area contributed by atoms with Crippen molar-refractivity contribution in [3.63, 3.8) is 0 Å². The predicted molar refractivity (Wildman–Crippen MR) is 126 cm³/mol. The number of nitro groups is 1. The number of carbonyl (C=O) groups is 1. The second kappa shape index (κ2) is 9.32. The number of imidazole rings is 1. The zero-order valence-corrected chi connectivity index (χ0v) is 18.7. The average molecular weight is 483 g/mol. The molecule has 0 unspecified atom stereocenters. The Morgan fingerprint density at radius 1 is 1.15 bits per heavy atom. The van der Waals surface area contributed by atoms with Crippen molar-refractivity contribution in [2.24, 2.45) is 0 Å². The Balaban J connectivity index is 1.76. The molecular formula is C22H19ClN6O5. The number of nitrogens with one attached hydrogen (secondary N) is 1. The summed E-state index contributed by atoms with van der Waals surface area (Å²) in [5, 5.41) is 13.5. The summed E-state index contributed by atoms with van der Waals surface area (Å²) in [5.74, 6) is -0.741. The van der Waals surface area contributed by atoms with Crippen LogP contribution in [0.5, 0.6) is 0 Å². The molecule has 11 nitrogen and oxygen atoms in total. The Morgan fingerprint density at radius 3 is 2.56 bits per heavy atom. The zero-order valence-electron chi connectivity index (χ0n) is 18.0. The van der Waals surface area contributed by atoms with Gasteiger partial charge in [-0.2, -0.15) is 0 Å². The maximum atomic E-state index is 13.3. The lowest BCUT2D eigenvalue weighted by Crippen LogP contribution is -2.43. The van der Waals surface area contributed by atoms with E-state index in [0.717, 1.165) is 16.2 Å². The highest BCUT2D eigenvalue weighted by Gasteiger charge is 2.20. The molecular weight excluding hydrogens is 464 g/mol. The van der Waals surface area contributed by atoms with Crippen LogP contribution in [-0.2, 0) is 24.4 Å².